The Morgan fingerprint density at radius 2 is 2.05 bits per heavy atom. The van der Waals surface area contributed by atoms with Crippen molar-refractivity contribution in [2.24, 2.45) is 0 Å². The first kappa shape index (κ1) is 13.9. The standard InChI is InChI=1S/C11H16N4O3S/c1-8-11(15(17)18)9(2)14(12-8)7-10(16)13-3-5-19-6-4-13/h3-7H2,1-2H3. The molecule has 2 heterocycles. The third-order valence-electron chi connectivity index (χ3n) is 3.17. The lowest BCUT2D eigenvalue weighted by atomic mass is 10.3. The van der Waals surface area contributed by atoms with Gasteiger partial charge in [0.2, 0.25) is 5.91 Å². The number of hydrogen-bond donors (Lipinski definition) is 0. The summed E-state index contributed by atoms with van der Waals surface area (Å²) in [6, 6.07) is 0. The maximum Gasteiger partial charge on any atom is 0.312 e. The molecule has 0 atom stereocenters. The van der Waals surface area contributed by atoms with Gasteiger partial charge in [-0.2, -0.15) is 16.9 Å². The van der Waals surface area contributed by atoms with E-state index >= 15 is 0 Å². The van der Waals surface area contributed by atoms with Crippen LogP contribution in [0.5, 0.6) is 0 Å². The summed E-state index contributed by atoms with van der Waals surface area (Å²) >= 11 is 1.83. The second-order valence-electron chi connectivity index (χ2n) is 4.43. The van der Waals surface area contributed by atoms with Crippen LogP contribution in [-0.2, 0) is 11.3 Å². The van der Waals surface area contributed by atoms with Gasteiger partial charge in [0.1, 0.15) is 17.9 Å². The predicted octanol–water partition coefficient (Wildman–Crippen LogP) is 0.984. The number of amides is 1. The van der Waals surface area contributed by atoms with E-state index in [4.69, 9.17) is 0 Å². The maximum atomic E-state index is 12.1. The second-order valence-corrected chi connectivity index (χ2v) is 5.65. The average molecular weight is 284 g/mol. The molecule has 2 rings (SSSR count). The highest BCUT2D eigenvalue weighted by atomic mass is 32.2. The molecule has 104 valence electrons. The Morgan fingerprint density at radius 1 is 1.42 bits per heavy atom. The SMILES string of the molecule is Cc1nn(CC(=O)N2CCSCC2)c(C)c1[N+](=O)[O-]. The number of thioether (sulfide) groups is 1. The minimum Gasteiger partial charge on any atom is -0.339 e. The van der Waals surface area contributed by atoms with E-state index in [0.29, 0.717) is 11.4 Å². The second kappa shape index (κ2) is 5.60. The molecule has 1 aromatic rings. The fraction of sp³-hybridized carbons (Fsp3) is 0.636. The quantitative estimate of drug-likeness (QED) is 0.610. The predicted molar refractivity (Wildman–Crippen MR) is 72.3 cm³/mol. The van der Waals surface area contributed by atoms with Crippen molar-refractivity contribution >= 4 is 23.4 Å². The lowest BCUT2D eigenvalue weighted by Crippen LogP contribution is -2.40. The largest absolute Gasteiger partial charge is 0.339 e. The number of nitrogens with zero attached hydrogens (tertiary/aromatic N) is 4. The lowest BCUT2D eigenvalue weighted by molar-refractivity contribution is -0.386. The van der Waals surface area contributed by atoms with Crippen molar-refractivity contribution in [2.45, 2.75) is 20.4 Å². The van der Waals surface area contributed by atoms with E-state index in [1.54, 1.807) is 18.7 Å². The van der Waals surface area contributed by atoms with E-state index in [1.807, 2.05) is 11.8 Å². The van der Waals surface area contributed by atoms with Gasteiger partial charge in [0.05, 0.1) is 4.92 Å². The van der Waals surface area contributed by atoms with Gasteiger partial charge in [0.25, 0.3) is 0 Å². The molecule has 0 unspecified atom stereocenters. The van der Waals surface area contributed by atoms with Crippen LogP contribution in [0.2, 0.25) is 0 Å². The summed E-state index contributed by atoms with van der Waals surface area (Å²) in [6.07, 6.45) is 0. The van der Waals surface area contributed by atoms with Gasteiger partial charge < -0.3 is 4.90 Å². The molecular formula is C11H16N4O3S. The van der Waals surface area contributed by atoms with Crippen molar-refractivity contribution in [3.63, 3.8) is 0 Å². The minimum atomic E-state index is -0.448. The Labute approximate surface area is 115 Å². The molecule has 0 aromatic carbocycles. The zero-order valence-electron chi connectivity index (χ0n) is 11.0. The highest BCUT2D eigenvalue weighted by Gasteiger charge is 2.24. The molecule has 1 aromatic heterocycles. The molecule has 7 nitrogen and oxygen atoms in total. The number of aryl methyl sites for hydroxylation is 1. The molecule has 0 radical (unpaired) electrons. The fourth-order valence-electron chi connectivity index (χ4n) is 2.15. The molecule has 1 aliphatic rings. The number of nitro groups is 1. The zero-order chi connectivity index (χ0) is 14.0. The van der Waals surface area contributed by atoms with Gasteiger partial charge in [-0.25, -0.2) is 0 Å². The summed E-state index contributed by atoms with van der Waals surface area (Å²) in [5.41, 5.74) is 0.786. The van der Waals surface area contributed by atoms with E-state index in [2.05, 4.69) is 5.10 Å². The fourth-order valence-corrected chi connectivity index (χ4v) is 3.05. The molecule has 1 amide bonds. The Hall–Kier alpha value is -1.57. The van der Waals surface area contributed by atoms with Crippen molar-refractivity contribution < 1.29 is 9.72 Å². The lowest BCUT2D eigenvalue weighted by Gasteiger charge is -2.26. The summed E-state index contributed by atoms with van der Waals surface area (Å²) in [7, 11) is 0. The number of carbonyl (C=O) groups excluding carboxylic acids is 1. The Balaban J connectivity index is 2.13. The third-order valence-corrected chi connectivity index (χ3v) is 4.12. The van der Waals surface area contributed by atoms with E-state index in [9.17, 15) is 14.9 Å². The van der Waals surface area contributed by atoms with Crippen molar-refractivity contribution in [3.05, 3.63) is 21.5 Å². The molecule has 0 N–H and O–H groups in total. The molecule has 1 aliphatic heterocycles. The van der Waals surface area contributed by atoms with Crippen LogP contribution in [0.4, 0.5) is 5.69 Å². The van der Waals surface area contributed by atoms with Gasteiger partial charge in [-0.1, -0.05) is 0 Å². The molecule has 1 saturated heterocycles. The van der Waals surface area contributed by atoms with Crippen LogP contribution < -0.4 is 0 Å². The summed E-state index contributed by atoms with van der Waals surface area (Å²) < 4.78 is 1.43. The molecule has 19 heavy (non-hydrogen) atoms. The van der Waals surface area contributed by atoms with Crippen LogP contribution >= 0.6 is 11.8 Å². The molecule has 0 saturated carbocycles. The Morgan fingerprint density at radius 3 is 2.58 bits per heavy atom. The van der Waals surface area contributed by atoms with Crippen LogP contribution in [-0.4, -0.2) is 50.1 Å². The molecule has 0 bridgehead atoms. The van der Waals surface area contributed by atoms with Crippen molar-refractivity contribution in [2.75, 3.05) is 24.6 Å². The van der Waals surface area contributed by atoms with Crippen LogP contribution in [0.25, 0.3) is 0 Å². The molecule has 0 aliphatic carbocycles. The number of hydrogen-bond acceptors (Lipinski definition) is 5. The first-order valence-corrected chi connectivity index (χ1v) is 7.20. The van der Waals surface area contributed by atoms with Crippen LogP contribution in [0, 0.1) is 24.0 Å². The summed E-state index contributed by atoms with van der Waals surface area (Å²) in [5, 5.41) is 15.0. The molecule has 8 heteroatoms. The highest BCUT2D eigenvalue weighted by Crippen LogP contribution is 2.22. The summed E-state index contributed by atoms with van der Waals surface area (Å²) in [6.45, 7) is 4.77. The minimum absolute atomic E-state index is 0.00185. The normalized spacial score (nSPS) is 15.6. The first-order valence-electron chi connectivity index (χ1n) is 6.04. The molecule has 0 spiro atoms. The molecular weight excluding hydrogens is 268 g/mol. The number of carbonyl (C=O) groups is 1. The monoisotopic (exact) mass is 284 g/mol. The van der Waals surface area contributed by atoms with Gasteiger partial charge in [0.15, 0.2) is 0 Å². The van der Waals surface area contributed by atoms with Crippen LogP contribution in [0.1, 0.15) is 11.4 Å². The van der Waals surface area contributed by atoms with Crippen LogP contribution in [0.15, 0.2) is 0 Å². The Bertz CT molecular complexity index is 508. The number of aromatic nitrogens is 2. The van der Waals surface area contributed by atoms with E-state index in [0.717, 1.165) is 24.6 Å². The van der Waals surface area contributed by atoms with Crippen molar-refractivity contribution in [1.29, 1.82) is 0 Å². The smallest absolute Gasteiger partial charge is 0.312 e. The third kappa shape index (κ3) is 2.89. The number of rotatable bonds is 3. The average Bonchev–Trinajstić information content (AvgIpc) is 2.65. The highest BCUT2D eigenvalue weighted by molar-refractivity contribution is 7.99. The van der Waals surface area contributed by atoms with Crippen LogP contribution in [0.3, 0.4) is 0 Å². The van der Waals surface area contributed by atoms with Gasteiger partial charge in [-0.05, 0) is 13.8 Å². The van der Waals surface area contributed by atoms with Gasteiger partial charge >= 0.3 is 5.69 Å². The summed E-state index contributed by atoms with van der Waals surface area (Å²) in [5.74, 6) is 1.87. The van der Waals surface area contributed by atoms with Gasteiger partial charge in [-0.3, -0.25) is 19.6 Å². The van der Waals surface area contributed by atoms with Gasteiger partial charge in [-0.15, -0.1) is 0 Å². The summed E-state index contributed by atoms with van der Waals surface area (Å²) in [4.78, 5) is 24.3. The topological polar surface area (TPSA) is 81.3 Å². The Kier molecular flexibility index (Phi) is 4.08. The molecule has 1 fully saturated rings. The zero-order valence-corrected chi connectivity index (χ0v) is 11.8. The van der Waals surface area contributed by atoms with Gasteiger partial charge in [0, 0.05) is 24.6 Å². The van der Waals surface area contributed by atoms with E-state index < -0.39 is 4.92 Å². The maximum absolute atomic E-state index is 12.1. The first-order chi connectivity index (χ1) is 9.00. The van der Waals surface area contributed by atoms with E-state index in [1.165, 1.54) is 4.68 Å². The van der Waals surface area contributed by atoms with E-state index in [-0.39, 0.29) is 18.1 Å². The van der Waals surface area contributed by atoms with Crippen molar-refractivity contribution in [1.82, 2.24) is 14.7 Å². The van der Waals surface area contributed by atoms with Crippen molar-refractivity contribution in [3.8, 4) is 0 Å².